The van der Waals surface area contributed by atoms with E-state index >= 15 is 0 Å². The normalized spacial score (nSPS) is 13.5. The molecule has 0 aromatic heterocycles. The largest absolute Gasteiger partial charge is 0.317 e. The van der Waals surface area contributed by atoms with Crippen molar-refractivity contribution in [2.45, 2.75) is 40.0 Å². The van der Waals surface area contributed by atoms with Crippen molar-refractivity contribution in [2.75, 3.05) is 25.1 Å². The second kappa shape index (κ2) is 9.85. The highest BCUT2D eigenvalue weighted by atomic mass is 32.2. The Bertz CT molecular complexity index is 115. The molecule has 0 saturated carbocycles. The van der Waals surface area contributed by atoms with Crippen molar-refractivity contribution >= 4 is 11.8 Å². The maximum absolute atomic E-state index is 3.47. The molecule has 0 fully saturated rings. The van der Waals surface area contributed by atoms with Crippen molar-refractivity contribution in [3.63, 3.8) is 0 Å². The molecular formula is C12H27NS. The van der Waals surface area contributed by atoms with Crippen LogP contribution in [0, 0.1) is 11.8 Å². The van der Waals surface area contributed by atoms with E-state index in [1.807, 2.05) is 11.8 Å². The molecule has 86 valence electrons. The third kappa shape index (κ3) is 8.89. The molecule has 0 bridgehead atoms. The van der Waals surface area contributed by atoms with Gasteiger partial charge in [0.2, 0.25) is 0 Å². The first-order valence-electron chi connectivity index (χ1n) is 5.90. The predicted octanol–water partition coefficient (Wildman–Crippen LogP) is 3.40. The van der Waals surface area contributed by atoms with Gasteiger partial charge in [-0.3, -0.25) is 0 Å². The Morgan fingerprint density at radius 3 is 2.50 bits per heavy atom. The van der Waals surface area contributed by atoms with Gasteiger partial charge in [0.1, 0.15) is 0 Å². The summed E-state index contributed by atoms with van der Waals surface area (Å²) in [5.41, 5.74) is 0. The van der Waals surface area contributed by atoms with E-state index in [0.717, 1.165) is 18.4 Å². The van der Waals surface area contributed by atoms with Crippen LogP contribution in [0.2, 0.25) is 0 Å². The highest BCUT2D eigenvalue weighted by Gasteiger charge is 2.09. The Morgan fingerprint density at radius 2 is 2.00 bits per heavy atom. The minimum Gasteiger partial charge on any atom is -0.317 e. The molecule has 14 heavy (non-hydrogen) atoms. The van der Waals surface area contributed by atoms with Gasteiger partial charge in [0.15, 0.2) is 0 Å². The molecule has 0 heterocycles. The molecule has 0 aliphatic carbocycles. The van der Waals surface area contributed by atoms with Crippen molar-refractivity contribution in [3.8, 4) is 0 Å². The van der Waals surface area contributed by atoms with Gasteiger partial charge in [-0.15, -0.1) is 0 Å². The molecule has 0 aliphatic heterocycles. The number of hydrogen-bond donors (Lipinski definition) is 1. The zero-order chi connectivity index (χ0) is 10.8. The van der Waals surface area contributed by atoms with Crippen LogP contribution >= 0.6 is 11.8 Å². The molecule has 0 rings (SSSR count). The molecule has 1 nitrogen and oxygen atoms in total. The molecular weight excluding hydrogens is 190 g/mol. The summed E-state index contributed by atoms with van der Waals surface area (Å²) in [6, 6.07) is 0. The first-order valence-corrected chi connectivity index (χ1v) is 7.29. The molecule has 0 aromatic carbocycles. The lowest BCUT2D eigenvalue weighted by molar-refractivity contribution is 0.367. The first kappa shape index (κ1) is 14.3. The van der Waals surface area contributed by atoms with Crippen molar-refractivity contribution < 1.29 is 0 Å². The van der Waals surface area contributed by atoms with E-state index in [-0.39, 0.29) is 0 Å². The smallest absolute Gasteiger partial charge is 0.00205 e. The Kier molecular flexibility index (Phi) is 10.1. The number of rotatable bonds is 9. The van der Waals surface area contributed by atoms with Crippen LogP contribution in [0.1, 0.15) is 40.0 Å². The lowest BCUT2D eigenvalue weighted by atomic mass is 9.93. The zero-order valence-electron chi connectivity index (χ0n) is 10.3. The van der Waals surface area contributed by atoms with Crippen LogP contribution in [-0.2, 0) is 0 Å². The summed E-state index contributed by atoms with van der Waals surface area (Å²) in [7, 11) is 0. The minimum absolute atomic E-state index is 0.841. The minimum atomic E-state index is 0.841. The van der Waals surface area contributed by atoms with E-state index in [1.54, 1.807) is 0 Å². The SMILES string of the molecule is CCNCC(CCCSC)CC(C)C. The quantitative estimate of drug-likeness (QED) is 0.594. The molecule has 1 unspecified atom stereocenters. The molecule has 1 N–H and O–H groups in total. The molecule has 0 saturated heterocycles. The summed E-state index contributed by atoms with van der Waals surface area (Å²) in [6.07, 6.45) is 6.35. The topological polar surface area (TPSA) is 12.0 Å². The Morgan fingerprint density at radius 1 is 1.29 bits per heavy atom. The summed E-state index contributed by atoms with van der Waals surface area (Å²) < 4.78 is 0. The van der Waals surface area contributed by atoms with E-state index in [4.69, 9.17) is 0 Å². The third-order valence-electron chi connectivity index (χ3n) is 2.45. The molecule has 0 spiro atoms. The second-order valence-electron chi connectivity index (χ2n) is 4.44. The molecule has 0 aliphatic rings. The molecule has 0 aromatic rings. The fourth-order valence-electron chi connectivity index (χ4n) is 1.83. The van der Waals surface area contributed by atoms with E-state index in [1.165, 1.54) is 31.6 Å². The predicted molar refractivity (Wildman–Crippen MR) is 69.1 cm³/mol. The molecule has 0 radical (unpaired) electrons. The van der Waals surface area contributed by atoms with E-state index in [9.17, 15) is 0 Å². The fraction of sp³-hybridized carbons (Fsp3) is 1.00. The van der Waals surface area contributed by atoms with E-state index < -0.39 is 0 Å². The van der Waals surface area contributed by atoms with Gasteiger partial charge in [-0.1, -0.05) is 20.8 Å². The van der Waals surface area contributed by atoms with Crippen molar-refractivity contribution in [1.82, 2.24) is 5.32 Å². The van der Waals surface area contributed by atoms with Gasteiger partial charge in [-0.2, -0.15) is 11.8 Å². The van der Waals surface area contributed by atoms with Crippen molar-refractivity contribution in [1.29, 1.82) is 0 Å². The number of nitrogens with one attached hydrogen (secondary N) is 1. The highest BCUT2D eigenvalue weighted by Crippen LogP contribution is 2.17. The molecule has 2 heteroatoms. The number of thioether (sulfide) groups is 1. The van der Waals surface area contributed by atoms with E-state index in [0.29, 0.717) is 0 Å². The number of hydrogen-bond acceptors (Lipinski definition) is 2. The molecule has 1 atom stereocenters. The first-order chi connectivity index (χ1) is 6.70. The van der Waals surface area contributed by atoms with Crippen LogP contribution < -0.4 is 5.32 Å². The summed E-state index contributed by atoms with van der Waals surface area (Å²) >= 11 is 1.97. The zero-order valence-corrected chi connectivity index (χ0v) is 11.1. The third-order valence-corrected chi connectivity index (χ3v) is 3.15. The maximum Gasteiger partial charge on any atom is -0.00205 e. The fourth-order valence-corrected chi connectivity index (χ4v) is 2.29. The Hall–Kier alpha value is 0.310. The summed E-state index contributed by atoms with van der Waals surface area (Å²) in [5, 5.41) is 3.47. The maximum atomic E-state index is 3.47. The van der Waals surface area contributed by atoms with Crippen LogP contribution in [0.15, 0.2) is 0 Å². The van der Waals surface area contributed by atoms with Crippen molar-refractivity contribution in [3.05, 3.63) is 0 Å². The van der Waals surface area contributed by atoms with Gasteiger partial charge < -0.3 is 5.32 Å². The highest BCUT2D eigenvalue weighted by molar-refractivity contribution is 7.98. The summed E-state index contributed by atoms with van der Waals surface area (Å²) in [4.78, 5) is 0. The van der Waals surface area contributed by atoms with Gasteiger partial charge in [0.25, 0.3) is 0 Å². The van der Waals surface area contributed by atoms with Crippen LogP contribution in [0.5, 0.6) is 0 Å². The average molecular weight is 217 g/mol. The lowest BCUT2D eigenvalue weighted by Gasteiger charge is -2.19. The van der Waals surface area contributed by atoms with Crippen LogP contribution in [0.4, 0.5) is 0 Å². The Labute approximate surface area is 94.4 Å². The summed E-state index contributed by atoms with van der Waals surface area (Å²) in [6.45, 7) is 9.16. The second-order valence-corrected chi connectivity index (χ2v) is 5.42. The lowest BCUT2D eigenvalue weighted by Crippen LogP contribution is -2.23. The van der Waals surface area contributed by atoms with Crippen LogP contribution in [-0.4, -0.2) is 25.1 Å². The van der Waals surface area contributed by atoms with Gasteiger partial charge in [0.05, 0.1) is 0 Å². The van der Waals surface area contributed by atoms with E-state index in [2.05, 4.69) is 32.3 Å². The summed E-state index contributed by atoms with van der Waals surface area (Å²) in [5.74, 6) is 3.05. The standard InChI is InChI=1S/C12H27NS/c1-5-13-10-12(9-11(2)3)7-6-8-14-4/h11-13H,5-10H2,1-4H3. The van der Waals surface area contributed by atoms with Crippen LogP contribution in [0.25, 0.3) is 0 Å². The van der Waals surface area contributed by atoms with Crippen LogP contribution in [0.3, 0.4) is 0 Å². The molecule has 0 amide bonds. The van der Waals surface area contributed by atoms with Gasteiger partial charge in [-0.05, 0) is 56.2 Å². The van der Waals surface area contributed by atoms with Gasteiger partial charge in [-0.25, -0.2) is 0 Å². The van der Waals surface area contributed by atoms with Gasteiger partial charge in [0, 0.05) is 0 Å². The Balaban J connectivity index is 3.61. The van der Waals surface area contributed by atoms with Gasteiger partial charge >= 0.3 is 0 Å². The average Bonchev–Trinajstić information content (AvgIpc) is 2.13. The van der Waals surface area contributed by atoms with Crippen molar-refractivity contribution in [2.24, 2.45) is 11.8 Å². The monoisotopic (exact) mass is 217 g/mol.